The van der Waals surface area contributed by atoms with Crippen molar-refractivity contribution in [1.29, 1.82) is 0 Å². The predicted octanol–water partition coefficient (Wildman–Crippen LogP) is 4.14. The Morgan fingerprint density at radius 2 is 1.69 bits per heavy atom. The van der Waals surface area contributed by atoms with Gasteiger partial charge in [-0.1, -0.05) is 42.6 Å². The lowest BCUT2D eigenvalue weighted by Crippen LogP contribution is -2.52. The molecule has 5 rings (SSSR count). The van der Waals surface area contributed by atoms with Crippen LogP contribution in [0.15, 0.2) is 33.7 Å². The number of rotatable bonds is 7. The van der Waals surface area contributed by atoms with Crippen LogP contribution in [0.3, 0.4) is 0 Å². The highest BCUT2D eigenvalue weighted by atomic mass is 32.2. The van der Waals surface area contributed by atoms with E-state index in [1.165, 1.54) is 32.1 Å². The summed E-state index contributed by atoms with van der Waals surface area (Å²) in [5, 5.41) is 6.88. The van der Waals surface area contributed by atoms with Gasteiger partial charge in [-0.25, -0.2) is 8.42 Å². The summed E-state index contributed by atoms with van der Waals surface area (Å²) in [4.78, 5) is 14.9. The van der Waals surface area contributed by atoms with Gasteiger partial charge in [0.2, 0.25) is 15.9 Å². The Kier molecular flexibility index (Phi) is 7.09. The lowest BCUT2D eigenvalue weighted by molar-refractivity contribution is -0.117. The average molecular weight is 499 g/mol. The molecule has 1 aromatic heterocycles. The van der Waals surface area contributed by atoms with Crippen molar-refractivity contribution in [3.63, 3.8) is 0 Å². The minimum atomic E-state index is -3.51. The molecular weight excluding hydrogens is 464 g/mol. The number of amides is 1. The Balaban J connectivity index is 1.21. The zero-order valence-electron chi connectivity index (χ0n) is 20.3. The van der Waals surface area contributed by atoms with E-state index in [1.54, 1.807) is 41.6 Å². The van der Waals surface area contributed by atoms with Crippen LogP contribution in [0.4, 0.5) is 5.69 Å². The minimum Gasteiger partial charge on any atom is -0.354 e. The van der Waals surface area contributed by atoms with Crippen molar-refractivity contribution in [2.75, 3.05) is 31.5 Å². The lowest BCUT2D eigenvalue weighted by Gasteiger charge is -2.40. The molecule has 1 saturated heterocycles. The van der Waals surface area contributed by atoms with Gasteiger partial charge >= 0.3 is 0 Å². The van der Waals surface area contributed by atoms with Crippen molar-refractivity contribution >= 4 is 33.8 Å². The molecule has 0 radical (unpaired) electrons. The lowest BCUT2D eigenvalue weighted by atomic mass is 9.94. The molecule has 2 heterocycles. The molecule has 1 aromatic carbocycles. The van der Waals surface area contributed by atoms with Gasteiger partial charge in [0.1, 0.15) is 11.4 Å². The fourth-order valence-electron chi connectivity index (χ4n) is 5.05. The van der Waals surface area contributed by atoms with Crippen LogP contribution < -0.4 is 5.32 Å². The van der Waals surface area contributed by atoms with Gasteiger partial charge in [0.25, 0.3) is 0 Å². The Labute approximate surface area is 207 Å². The summed E-state index contributed by atoms with van der Waals surface area (Å²) in [6.07, 6.45) is 11.8. The highest BCUT2D eigenvalue weighted by molar-refractivity contribution is 7.89. The predicted molar refractivity (Wildman–Crippen MR) is 135 cm³/mol. The quantitative estimate of drug-likeness (QED) is 0.616. The molecule has 9 heteroatoms. The number of benzene rings is 1. The van der Waals surface area contributed by atoms with Crippen LogP contribution in [-0.2, 0) is 14.8 Å². The molecule has 0 bridgehead atoms. The maximum atomic E-state index is 13.2. The topological polar surface area (TPSA) is 95.8 Å². The Bertz CT molecular complexity index is 1170. The molecule has 2 saturated carbocycles. The smallest absolute Gasteiger partial charge is 0.243 e. The molecule has 0 unspecified atom stereocenters. The Hall–Kier alpha value is -2.49. The molecule has 2 aliphatic carbocycles. The number of anilines is 1. The largest absolute Gasteiger partial charge is 0.354 e. The summed E-state index contributed by atoms with van der Waals surface area (Å²) < 4.78 is 33.4. The zero-order valence-corrected chi connectivity index (χ0v) is 21.1. The molecule has 0 atom stereocenters. The van der Waals surface area contributed by atoms with Crippen molar-refractivity contribution in [3.8, 4) is 0 Å². The van der Waals surface area contributed by atoms with Gasteiger partial charge in [-0.05, 0) is 56.4 Å². The molecule has 1 N–H and O–H groups in total. The third kappa shape index (κ3) is 5.52. The first-order valence-corrected chi connectivity index (χ1v) is 14.2. The first-order chi connectivity index (χ1) is 16.9. The molecule has 1 aliphatic heterocycles. The van der Waals surface area contributed by atoms with Crippen LogP contribution in [-0.4, -0.2) is 60.9 Å². The molecule has 3 aliphatic rings. The molecule has 8 nitrogen and oxygen atoms in total. The van der Waals surface area contributed by atoms with E-state index in [4.69, 9.17) is 4.52 Å². The van der Waals surface area contributed by atoms with Crippen LogP contribution in [0.1, 0.15) is 62.0 Å². The van der Waals surface area contributed by atoms with Gasteiger partial charge in [-0.15, -0.1) is 0 Å². The normalized spacial score (nSPS) is 20.9. The number of carbonyl (C=O) groups excluding carboxylic acids is 1. The Morgan fingerprint density at radius 1 is 1.00 bits per heavy atom. The fraction of sp³-hybridized carbons (Fsp3) is 0.538. The second-order valence-corrected chi connectivity index (χ2v) is 11.8. The van der Waals surface area contributed by atoms with Crippen LogP contribution in [0.2, 0.25) is 0 Å². The van der Waals surface area contributed by atoms with Crippen LogP contribution >= 0.6 is 0 Å². The standard InChI is InChI=1S/C26H34N4O4S/c1-19-25(27-26(31)21-10-11-21)24(34-28-19)14-9-20-7-12-23(13-8-20)35(32,33)30-17-15-29(16-18-30)22-5-3-2-4-6-22/h7-9,12-14,21-22H,2-6,10-11,15-18H2,1H3,(H,27,31)/b14-9-. The van der Waals surface area contributed by atoms with Crippen LogP contribution in [0, 0.1) is 12.8 Å². The average Bonchev–Trinajstić information content (AvgIpc) is 3.69. The van der Waals surface area contributed by atoms with Crippen LogP contribution in [0.5, 0.6) is 0 Å². The number of aryl methyl sites for hydroxylation is 1. The van der Waals surface area contributed by atoms with Gasteiger partial charge in [0, 0.05) is 38.1 Å². The molecule has 3 fully saturated rings. The number of carbonyl (C=O) groups is 1. The monoisotopic (exact) mass is 498 g/mol. The van der Waals surface area contributed by atoms with E-state index in [-0.39, 0.29) is 11.8 Å². The van der Waals surface area contributed by atoms with Crippen molar-refractivity contribution < 1.29 is 17.7 Å². The second-order valence-electron chi connectivity index (χ2n) is 9.91. The maximum absolute atomic E-state index is 13.2. The van der Waals surface area contributed by atoms with E-state index < -0.39 is 10.0 Å². The van der Waals surface area contributed by atoms with Gasteiger partial charge in [-0.2, -0.15) is 4.31 Å². The van der Waals surface area contributed by atoms with Gasteiger partial charge in [-0.3, -0.25) is 9.69 Å². The molecule has 2 aromatic rings. The molecule has 188 valence electrons. The van der Waals surface area contributed by atoms with Crippen molar-refractivity contribution in [3.05, 3.63) is 41.3 Å². The number of piperazine rings is 1. The van der Waals surface area contributed by atoms with E-state index in [2.05, 4.69) is 15.4 Å². The summed E-state index contributed by atoms with van der Waals surface area (Å²) in [6.45, 7) is 4.49. The fourth-order valence-corrected chi connectivity index (χ4v) is 6.47. The summed E-state index contributed by atoms with van der Waals surface area (Å²) in [6, 6.07) is 7.50. The minimum absolute atomic E-state index is 0.0000777. The van der Waals surface area contributed by atoms with E-state index in [0.717, 1.165) is 31.5 Å². The SMILES string of the molecule is Cc1noc(/C=C\c2ccc(S(=O)(=O)N3CCN(C4CCCCC4)CC3)cc2)c1NC(=O)C1CC1. The van der Waals surface area contributed by atoms with E-state index in [0.29, 0.717) is 41.2 Å². The first kappa shape index (κ1) is 24.2. The van der Waals surface area contributed by atoms with Gasteiger partial charge in [0.15, 0.2) is 5.76 Å². The highest BCUT2D eigenvalue weighted by Gasteiger charge is 2.32. The zero-order chi connectivity index (χ0) is 24.4. The summed E-state index contributed by atoms with van der Waals surface area (Å²) in [5.74, 6) is 0.565. The number of hydrogen-bond donors (Lipinski definition) is 1. The number of nitrogens with one attached hydrogen (secondary N) is 1. The number of hydrogen-bond acceptors (Lipinski definition) is 6. The molecule has 1 amide bonds. The summed E-state index contributed by atoms with van der Waals surface area (Å²) in [7, 11) is -3.51. The Morgan fingerprint density at radius 3 is 2.34 bits per heavy atom. The van der Waals surface area contributed by atoms with E-state index in [9.17, 15) is 13.2 Å². The summed E-state index contributed by atoms with van der Waals surface area (Å²) >= 11 is 0. The second kappa shape index (κ2) is 10.2. The van der Waals surface area contributed by atoms with Crippen molar-refractivity contribution in [2.45, 2.75) is 62.8 Å². The number of aromatic nitrogens is 1. The summed E-state index contributed by atoms with van der Waals surface area (Å²) in [5.41, 5.74) is 2.05. The van der Waals surface area contributed by atoms with Crippen molar-refractivity contribution in [1.82, 2.24) is 14.4 Å². The number of sulfonamides is 1. The third-order valence-electron chi connectivity index (χ3n) is 7.39. The van der Waals surface area contributed by atoms with Crippen molar-refractivity contribution in [2.24, 2.45) is 5.92 Å². The molecular formula is C26H34N4O4S. The van der Waals surface area contributed by atoms with E-state index in [1.807, 2.05) is 6.08 Å². The first-order valence-electron chi connectivity index (χ1n) is 12.7. The molecule has 35 heavy (non-hydrogen) atoms. The number of nitrogens with zero attached hydrogens (tertiary/aromatic N) is 3. The molecule has 0 spiro atoms. The van der Waals surface area contributed by atoms with Gasteiger partial charge < -0.3 is 9.84 Å². The highest BCUT2D eigenvalue weighted by Crippen LogP contribution is 2.32. The van der Waals surface area contributed by atoms with Crippen LogP contribution in [0.25, 0.3) is 12.2 Å². The van der Waals surface area contributed by atoms with Gasteiger partial charge in [0.05, 0.1) is 4.90 Å². The third-order valence-corrected chi connectivity index (χ3v) is 9.31. The maximum Gasteiger partial charge on any atom is 0.243 e. The van der Waals surface area contributed by atoms with E-state index >= 15 is 0 Å².